The van der Waals surface area contributed by atoms with Crippen molar-refractivity contribution in [1.29, 1.82) is 0 Å². The van der Waals surface area contributed by atoms with Crippen LogP contribution in [-0.4, -0.2) is 37.2 Å². The molecule has 1 unspecified atom stereocenters. The van der Waals surface area contributed by atoms with E-state index in [0.29, 0.717) is 19.3 Å². The van der Waals surface area contributed by atoms with Crippen molar-refractivity contribution in [2.24, 2.45) is 0 Å². The minimum Gasteiger partial charge on any atom is -0.462 e. The molecule has 0 aliphatic heterocycles. The van der Waals surface area contributed by atoms with E-state index >= 15 is 0 Å². The fourth-order valence-electron chi connectivity index (χ4n) is 7.49. The number of rotatable bonds is 47. The molecule has 59 heavy (non-hydrogen) atoms. The van der Waals surface area contributed by atoms with Crippen LogP contribution in [-0.2, 0) is 28.6 Å². The number of allylic oxidation sites excluding steroid dienone is 4. The first kappa shape index (κ1) is 56.9. The summed E-state index contributed by atoms with van der Waals surface area (Å²) >= 11 is 0. The smallest absolute Gasteiger partial charge is 0.306 e. The van der Waals surface area contributed by atoms with Crippen LogP contribution in [0, 0.1) is 0 Å². The maximum atomic E-state index is 12.7. The van der Waals surface area contributed by atoms with Crippen molar-refractivity contribution in [2.45, 2.75) is 284 Å². The van der Waals surface area contributed by atoms with Gasteiger partial charge in [0.2, 0.25) is 0 Å². The zero-order valence-corrected chi connectivity index (χ0v) is 39.5. The second-order valence-electron chi connectivity index (χ2n) is 17.4. The van der Waals surface area contributed by atoms with Crippen LogP contribution in [0.1, 0.15) is 278 Å². The lowest BCUT2D eigenvalue weighted by atomic mass is 10.1. The highest BCUT2D eigenvalue weighted by molar-refractivity contribution is 5.71. The van der Waals surface area contributed by atoms with Gasteiger partial charge in [-0.15, -0.1) is 0 Å². The van der Waals surface area contributed by atoms with Gasteiger partial charge in [0.25, 0.3) is 0 Å². The molecule has 6 nitrogen and oxygen atoms in total. The molecule has 0 fully saturated rings. The number of hydrogen-bond acceptors (Lipinski definition) is 6. The Morgan fingerprint density at radius 2 is 0.559 bits per heavy atom. The number of carbonyl (C=O) groups is 3. The van der Waals surface area contributed by atoms with Gasteiger partial charge in [-0.2, -0.15) is 0 Å². The molecule has 0 N–H and O–H groups in total. The van der Waals surface area contributed by atoms with Gasteiger partial charge in [0, 0.05) is 19.3 Å². The van der Waals surface area contributed by atoms with Gasteiger partial charge in [-0.05, 0) is 70.6 Å². The lowest BCUT2D eigenvalue weighted by Crippen LogP contribution is -2.30. The van der Waals surface area contributed by atoms with Crippen molar-refractivity contribution in [3.63, 3.8) is 0 Å². The molecule has 0 aromatic rings. The summed E-state index contributed by atoms with van der Waals surface area (Å²) in [7, 11) is 0. The molecule has 0 aromatic heterocycles. The minimum absolute atomic E-state index is 0.0725. The van der Waals surface area contributed by atoms with E-state index in [-0.39, 0.29) is 31.1 Å². The van der Waals surface area contributed by atoms with Crippen molar-refractivity contribution < 1.29 is 28.6 Å². The molecule has 0 saturated carbocycles. The van der Waals surface area contributed by atoms with Crippen LogP contribution in [0.3, 0.4) is 0 Å². The van der Waals surface area contributed by atoms with Crippen molar-refractivity contribution >= 4 is 17.9 Å². The van der Waals surface area contributed by atoms with Gasteiger partial charge in [-0.25, -0.2) is 0 Å². The van der Waals surface area contributed by atoms with Gasteiger partial charge in [0.05, 0.1) is 0 Å². The maximum Gasteiger partial charge on any atom is 0.306 e. The van der Waals surface area contributed by atoms with E-state index in [9.17, 15) is 14.4 Å². The summed E-state index contributed by atoms with van der Waals surface area (Å²) in [6.07, 6.45) is 54.7. The van der Waals surface area contributed by atoms with Gasteiger partial charge in [0.15, 0.2) is 6.10 Å². The molecule has 0 aromatic carbocycles. The van der Waals surface area contributed by atoms with E-state index in [1.807, 2.05) is 0 Å². The summed E-state index contributed by atoms with van der Waals surface area (Å²) in [4.78, 5) is 37.7. The Balaban J connectivity index is 4.20. The summed E-state index contributed by atoms with van der Waals surface area (Å²) in [5.74, 6) is -0.880. The van der Waals surface area contributed by atoms with Crippen molar-refractivity contribution in [3.8, 4) is 0 Å². The number of hydrogen-bond donors (Lipinski definition) is 0. The van der Waals surface area contributed by atoms with Crippen LogP contribution in [0.4, 0.5) is 0 Å². The fourth-order valence-corrected chi connectivity index (χ4v) is 7.49. The SMILES string of the molecule is CCCCCCCC/C=C\CCCCCCCCCC(=O)OC(COC(=O)CCCCCCCC)COC(=O)CCCCCCCCC/C=C\CCCCCCCCC. The standard InChI is InChI=1S/C53H98O6/c1-4-7-10-13-16-18-20-22-24-26-28-29-31-33-35-37-40-43-46-52(55)58-49-50(48-57-51(54)45-42-39-15-12-9-6-3)59-53(56)47-44-41-38-36-34-32-30-27-25-23-21-19-17-14-11-8-5-2/h23-26,50H,4-22,27-49H2,1-3H3/b25-23-,26-24-. The van der Waals surface area contributed by atoms with Gasteiger partial charge in [-0.1, -0.05) is 212 Å². The summed E-state index contributed by atoms with van der Waals surface area (Å²) in [5.41, 5.74) is 0. The second-order valence-corrected chi connectivity index (χ2v) is 17.4. The molecule has 0 spiro atoms. The lowest BCUT2D eigenvalue weighted by Gasteiger charge is -2.18. The molecule has 0 saturated heterocycles. The van der Waals surface area contributed by atoms with Gasteiger partial charge in [0.1, 0.15) is 13.2 Å². The number of carbonyl (C=O) groups excluding carboxylic acids is 3. The molecule has 6 heteroatoms. The average Bonchev–Trinajstić information content (AvgIpc) is 3.23. The largest absolute Gasteiger partial charge is 0.462 e. The number of ether oxygens (including phenoxy) is 3. The Kier molecular flexibility index (Phi) is 46.8. The Bertz CT molecular complexity index is 958. The van der Waals surface area contributed by atoms with Crippen LogP contribution in [0.5, 0.6) is 0 Å². The molecule has 0 radical (unpaired) electrons. The van der Waals surface area contributed by atoms with Crippen molar-refractivity contribution in [3.05, 3.63) is 24.3 Å². The average molecular weight is 831 g/mol. The molecule has 1 atom stereocenters. The third kappa shape index (κ3) is 46.8. The van der Waals surface area contributed by atoms with Gasteiger partial charge in [-0.3, -0.25) is 14.4 Å². The maximum absolute atomic E-state index is 12.7. The normalized spacial score (nSPS) is 12.1. The van der Waals surface area contributed by atoms with Crippen LogP contribution >= 0.6 is 0 Å². The molecule has 0 aliphatic carbocycles. The Morgan fingerprint density at radius 1 is 0.322 bits per heavy atom. The predicted molar refractivity (Wildman–Crippen MR) is 252 cm³/mol. The first-order valence-electron chi connectivity index (χ1n) is 25.8. The Morgan fingerprint density at radius 3 is 0.847 bits per heavy atom. The summed E-state index contributed by atoms with van der Waals surface area (Å²) in [6, 6.07) is 0. The molecule has 0 heterocycles. The van der Waals surface area contributed by atoms with Gasteiger partial charge < -0.3 is 14.2 Å². The highest BCUT2D eigenvalue weighted by Crippen LogP contribution is 2.15. The molecule has 0 aliphatic rings. The first-order valence-corrected chi connectivity index (χ1v) is 25.8. The highest BCUT2D eigenvalue weighted by Gasteiger charge is 2.19. The minimum atomic E-state index is -0.769. The third-order valence-electron chi connectivity index (χ3n) is 11.4. The quantitative estimate of drug-likeness (QED) is 0.0263. The lowest BCUT2D eigenvalue weighted by molar-refractivity contribution is -0.167. The first-order chi connectivity index (χ1) is 29.0. The van der Waals surface area contributed by atoms with Crippen LogP contribution in [0.25, 0.3) is 0 Å². The topological polar surface area (TPSA) is 78.9 Å². The molecular formula is C53H98O6. The molecule has 0 bridgehead atoms. The Labute approximate surface area is 366 Å². The molecule has 0 amide bonds. The summed E-state index contributed by atoms with van der Waals surface area (Å²) in [6.45, 7) is 6.59. The molecular weight excluding hydrogens is 733 g/mol. The Hall–Kier alpha value is -2.11. The van der Waals surface area contributed by atoms with Gasteiger partial charge >= 0.3 is 17.9 Å². The van der Waals surface area contributed by atoms with E-state index in [1.165, 1.54) is 180 Å². The second kappa shape index (κ2) is 48.6. The fraction of sp³-hybridized carbons (Fsp3) is 0.868. The van der Waals surface area contributed by atoms with E-state index in [0.717, 1.165) is 57.8 Å². The number of esters is 3. The van der Waals surface area contributed by atoms with E-state index in [4.69, 9.17) is 14.2 Å². The number of unbranched alkanes of at least 4 members (excludes halogenated alkanes) is 32. The van der Waals surface area contributed by atoms with Crippen molar-refractivity contribution in [1.82, 2.24) is 0 Å². The monoisotopic (exact) mass is 831 g/mol. The van der Waals surface area contributed by atoms with Crippen LogP contribution in [0.2, 0.25) is 0 Å². The van der Waals surface area contributed by atoms with Crippen LogP contribution < -0.4 is 0 Å². The summed E-state index contributed by atoms with van der Waals surface area (Å²) in [5, 5.41) is 0. The summed E-state index contributed by atoms with van der Waals surface area (Å²) < 4.78 is 16.7. The third-order valence-corrected chi connectivity index (χ3v) is 11.4. The molecule has 0 rings (SSSR count). The highest BCUT2D eigenvalue weighted by atomic mass is 16.6. The van der Waals surface area contributed by atoms with Crippen LogP contribution in [0.15, 0.2) is 24.3 Å². The van der Waals surface area contributed by atoms with Crippen molar-refractivity contribution in [2.75, 3.05) is 13.2 Å². The van der Waals surface area contributed by atoms with E-state index < -0.39 is 6.10 Å². The van der Waals surface area contributed by atoms with E-state index in [2.05, 4.69) is 45.1 Å². The predicted octanol–water partition coefficient (Wildman–Crippen LogP) is 16.8. The zero-order valence-electron chi connectivity index (χ0n) is 39.5. The zero-order chi connectivity index (χ0) is 43.0. The van der Waals surface area contributed by atoms with E-state index in [1.54, 1.807) is 0 Å². The molecule has 346 valence electrons.